The first-order valence-electron chi connectivity index (χ1n) is 16.9. The van der Waals surface area contributed by atoms with Gasteiger partial charge in [0, 0.05) is 12.1 Å². The molecule has 0 saturated heterocycles. The first-order valence-corrected chi connectivity index (χ1v) is 18.0. The average Bonchev–Trinajstić information content (AvgIpc) is 3.10. The SMILES string of the molecule is COc1ccc(C(OCCOCCOCCOCCOCCOCCOP(OCCC#N)N(C(C)C)C(C)C)c2ccc(OC)cc2)cc1. The first-order chi connectivity index (χ1) is 23.9. The van der Waals surface area contributed by atoms with Gasteiger partial charge in [0.2, 0.25) is 0 Å². The predicted molar refractivity (Wildman–Crippen MR) is 189 cm³/mol. The molecule has 0 radical (unpaired) electrons. The van der Waals surface area contributed by atoms with Gasteiger partial charge in [-0.05, 0) is 63.1 Å². The smallest absolute Gasteiger partial charge is 0.259 e. The largest absolute Gasteiger partial charge is 0.497 e. The first kappa shape index (κ1) is 42.8. The van der Waals surface area contributed by atoms with Crippen molar-refractivity contribution in [3.63, 3.8) is 0 Å². The molecule has 0 heterocycles. The molecule has 0 aliphatic heterocycles. The summed E-state index contributed by atoms with van der Waals surface area (Å²) in [6.45, 7) is 14.3. The van der Waals surface area contributed by atoms with E-state index in [1.54, 1.807) is 14.2 Å². The summed E-state index contributed by atoms with van der Waals surface area (Å²) in [7, 11) is 2.05. The number of benzene rings is 2. The van der Waals surface area contributed by atoms with Crippen LogP contribution in [0.15, 0.2) is 48.5 Å². The molecular weight excluding hydrogens is 651 g/mol. The van der Waals surface area contributed by atoms with Crippen molar-refractivity contribution in [1.29, 1.82) is 5.26 Å². The Balaban J connectivity index is 1.46. The molecule has 1 unspecified atom stereocenters. The summed E-state index contributed by atoms with van der Waals surface area (Å²) in [5.74, 6) is 1.59. The van der Waals surface area contributed by atoms with Crippen LogP contribution in [-0.4, -0.2) is 117 Å². The molecule has 13 heteroatoms. The molecule has 0 spiro atoms. The zero-order valence-corrected chi connectivity index (χ0v) is 31.1. The van der Waals surface area contributed by atoms with Crippen LogP contribution >= 0.6 is 8.53 Å². The number of ether oxygens (including phenoxy) is 8. The number of hydrogen-bond acceptors (Lipinski definition) is 12. The molecule has 0 saturated carbocycles. The second-order valence-corrected chi connectivity index (χ2v) is 12.7. The molecule has 12 nitrogen and oxygen atoms in total. The minimum atomic E-state index is -1.25. The van der Waals surface area contributed by atoms with E-state index >= 15 is 0 Å². The topological polar surface area (TPSA) is 119 Å². The minimum absolute atomic E-state index is 0.239. The van der Waals surface area contributed by atoms with Crippen molar-refractivity contribution in [2.24, 2.45) is 0 Å². The van der Waals surface area contributed by atoms with E-state index in [2.05, 4.69) is 38.4 Å². The highest BCUT2D eigenvalue weighted by molar-refractivity contribution is 7.44. The van der Waals surface area contributed by atoms with Crippen molar-refractivity contribution >= 4 is 8.53 Å². The van der Waals surface area contributed by atoms with E-state index in [4.69, 9.17) is 52.2 Å². The Hall–Kier alpha value is -2.40. The van der Waals surface area contributed by atoms with Crippen molar-refractivity contribution < 1.29 is 46.9 Å². The van der Waals surface area contributed by atoms with E-state index in [-0.39, 0.29) is 18.2 Å². The standard InChI is InChI=1S/C36H57N2O10P/c1-30(2)38(31(3)4)49(47-17-7-16-37)48-29-27-45-25-23-43-21-19-41-18-20-42-22-24-44-26-28-46-36(32-8-12-34(39-5)13-9-32)33-10-14-35(40-6)15-11-33/h8-15,30-31,36H,7,17-29H2,1-6H3. The average molecular weight is 709 g/mol. The van der Waals surface area contributed by atoms with Gasteiger partial charge in [0.1, 0.15) is 17.6 Å². The Kier molecular flexibility index (Phi) is 23.9. The van der Waals surface area contributed by atoms with Gasteiger partial charge in [-0.15, -0.1) is 0 Å². The van der Waals surface area contributed by atoms with Gasteiger partial charge in [-0.1, -0.05) is 24.3 Å². The minimum Gasteiger partial charge on any atom is -0.497 e. The zero-order valence-electron chi connectivity index (χ0n) is 30.2. The lowest BCUT2D eigenvalue weighted by molar-refractivity contribution is -0.0221. The van der Waals surface area contributed by atoms with Crippen LogP contribution in [0.5, 0.6) is 11.5 Å². The van der Waals surface area contributed by atoms with E-state index in [0.29, 0.717) is 92.3 Å². The van der Waals surface area contributed by atoms with Gasteiger partial charge >= 0.3 is 0 Å². The molecule has 0 bridgehead atoms. The second-order valence-electron chi connectivity index (χ2n) is 11.2. The molecule has 0 aliphatic rings. The summed E-state index contributed by atoms with van der Waals surface area (Å²) in [6.07, 6.45) is 0.0978. The summed E-state index contributed by atoms with van der Waals surface area (Å²) in [6, 6.07) is 18.4. The molecule has 0 aliphatic carbocycles. The summed E-state index contributed by atoms with van der Waals surface area (Å²) < 4.78 is 58.9. The lowest BCUT2D eigenvalue weighted by Crippen LogP contribution is -2.34. The highest BCUT2D eigenvalue weighted by Crippen LogP contribution is 2.45. The molecule has 0 amide bonds. The van der Waals surface area contributed by atoms with Crippen LogP contribution in [0.2, 0.25) is 0 Å². The number of nitriles is 1. The highest BCUT2D eigenvalue weighted by atomic mass is 31.2. The summed E-state index contributed by atoms with van der Waals surface area (Å²) in [4.78, 5) is 0. The monoisotopic (exact) mass is 708 g/mol. The van der Waals surface area contributed by atoms with Crippen LogP contribution in [0, 0.1) is 11.3 Å². The molecule has 1 atom stereocenters. The van der Waals surface area contributed by atoms with Crippen LogP contribution in [-0.2, 0) is 37.5 Å². The fourth-order valence-electron chi connectivity index (χ4n) is 4.64. The molecule has 0 aromatic heterocycles. The lowest BCUT2D eigenvalue weighted by atomic mass is 10.0. The fourth-order valence-corrected chi connectivity index (χ4v) is 6.21. The van der Waals surface area contributed by atoms with E-state index in [1.807, 2.05) is 48.5 Å². The van der Waals surface area contributed by atoms with Crippen molar-refractivity contribution in [2.75, 3.05) is 100 Å². The van der Waals surface area contributed by atoms with Crippen molar-refractivity contribution in [3.05, 3.63) is 59.7 Å². The highest BCUT2D eigenvalue weighted by Gasteiger charge is 2.27. The van der Waals surface area contributed by atoms with Crippen molar-refractivity contribution in [2.45, 2.75) is 52.3 Å². The molecule has 2 aromatic carbocycles. The summed E-state index contributed by atoms with van der Waals surface area (Å²) >= 11 is 0. The van der Waals surface area contributed by atoms with Crippen LogP contribution in [0.25, 0.3) is 0 Å². The molecular formula is C36H57N2O10P. The third kappa shape index (κ3) is 18.4. The number of rotatable bonds is 30. The van der Waals surface area contributed by atoms with Gasteiger partial charge in [0.05, 0.1) is 113 Å². The van der Waals surface area contributed by atoms with Crippen molar-refractivity contribution in [3.8, 4) is 17.6 Å². The summed E-state index contributed by atoms with van der Waals surface area (Å²) in [5.41, 5.74) is 2.05. The molecule has 0 fully saturated rings. The molecule has 2 aromatic rings. The van der Waals surface area contributed by atoms with Gasteiger partial charge in [0.15, 0.2) is 0 Å². The Morgan fingerprint density at radius 2 is 0.918 bits per heavy atom. The lowest BCUT2D eigenvalue weighted by Gasteiger charge is -2.35. The Bertz CT molecular complexity index is 1060. The molecule has 2 rings (SSSR count). The number of nitrogens with zero attached hydrogens (tertiary/aromatic N) is 2. The van der Waals surface area contributed by atoms with Gasteiger partial charge < -0.3 is 46.9 Å². The second kappa shape index (κ2) is 27.3. The Labute approximate surface area is 294 Å². The number of hydrogen-bond donors (Lipinski definition) is 0. The maximum absolute atomic E-state index is 8.82. The maximum Gasteiger partial charge on any atom is 0.259 e. The van der Waals surface area contributed by atoms with Gasteiger partial charge in [-0.25, -0.2) is 4.67 Å². The van der Waals surface area contributed by atoms with Crippen LogP contribution in [0.1, 0.15) is 51.3 Å². The van der Waals surface area contributed by atoms with Crippen LogP contribution in [0.3, 0.4) is 0 Å². The van der Waals surface area contributed by atoms with E-state index in [1.165, 1.54) is 0 Å². The predicted octanol–water partition coefficient (Wildman–Crippen LogP) is 6.19. The van der Waals surface area contributed by atoms with Gasteiger partial charge in [-0.3, -0.25) is 0 Å². The van der Waals surface area contributed by atoms with Crippen LogP contribution < -0.4 is 9.47 Å². The van der Waals surface area contributed by atoms with E-state index in [0.717, 1.165) is 22.6 Å². The Morgan fingerprint density at radius 1 is 0.551 bits per heavy atom. The quantitative estimate of drug-likeness (QED) is 0.0681. The zero-order chi connectivity index (χ0) is 35.5. The van der Waals surface area contributed by atoms with Crippen molar-refractivity contribution in [1.82, 2.24) is 4.67 Å². The summed E-state index contributed by atoms with van der Waals surface area (Å²) in [5, 5.41) is 8.82. The third-order valence-corrected chi connectivity index (χ3v) is 9.04. The Morgan fingerprint density at radius 3 is 1.29 bits per heavy atom. The normalized spacial score (nSPS) is 12.3. The van der Waals surface area contributed by atoms with E-state index < -0.39 is 8.53 Å². The fraction of sp³-hybridized carbons (Fsp3) is 0.639. The maximum atomic E-state index is 8.82. The molecule has 49 heavy (non-hydrogen) atoms. The van der Waals surface area contributed by atoms with E-state index in [9.17, 15) is 0 Å². The number of methoxy groups -OCH3 is 2. The van der Waals surface area contributed by atoms with Gasteiger partial charge in [-0.2, -0.15) is 5.26 Å². The molecule has 276 valence electrons. The van der Waals surface area contributed by atoms with Gasteiger partial charge in [0.25, 0.3) is 8.53 Å². The molecule has 0 N–H and O–H groups in total. The third-order valence-electron chi connectivity index (χ3n) is 6.93. The van der Waals surface area contributed by atoms with Crippen LogP contribution in [0.4, 0.5) is 0 Å².